The Labute approximate surface area is 126 Å². The van der Waals surface area contributed by atoms with Crippen molar-refractivity contribution in [3.63, 3.8) is 0 Å². The van der Waals surface area contributed by atoms with Gasteiger partial charge in [-0.3, -0.25) is 15.0 Å². The summed E-state index contributed by atoms with van der Waals surface area (Å²) in [7, 11) is 0. The summed E-state index contributed by atoms with van der Waals surface area (Å²) in [6, 6.07) is 9.94. The summed E-state index contributed by atoms with van der Waals surface area (Å²) in [6.45, 7) is 0. The summed E-state index contributed by atoms with van der Waals surface area (Å²) < 4.78 is 0. The Morgan fingerprint density at radius 3 is 2.81 bits per heavy atom. The Bertz CT molecular complexity index is 769. The molecule has 2 N–H and O–H groups in total. The van der Waals surface area contributed by atoms with E-state index in [-0.39, 0.29) is 0 Å². The average molecular weight is 298 g/mol. The number of thiophene rings is 1. The number of amides is 1. The normalized spacial score (nSPS) is 10.7. The molecule has 0 aliphatic rings. The third-order valence-corrected chi connectivity index (χ3v) is 4.12. The standard InChI is InChI=1S/C16H14N2O2S/c19-16(18-20)14-8-13-7-11(3-4-15(13)17-9-14)1-2-12-5-6-21-10-12/h3-10,20H,1-2H2,(H,18,19). The van der Waals surface area contributed by atoms with Gasteiger partial charge >= 0.3 is 0 Å². The highest BCUT2D eigenvalue weighted by Crippen LogP contribution is 2.18. The van der Waals surface area contributed by atoms with E-state index in [2.05, 4.69) is 27.9 Å². The molecule has 2 heterocycles. The van der Waals surface area contributed by atoms with Gasteiger partial charge in [0.2, 0.25) is 0 Å². The van der Waals surface area contributed by atoms with Crippen LogP contribution in [0.25, 0.3) is 10.9 Å². The zero-order valence-electron chi connectivity index (χ0n) is 11.2. The van der Waals surface area contributed by atoms with Gasteiger partial charge in [0.05, 0.1) is 11.1 Å². The Morgan fingerprint density at radius 2 is 2.05 bits per heavy atom. The monoisotopic (exact) mass is 298 g/mol. The highest BCUT2D eigenvalue weighted by Gasteiger charge is 2.06. The fourth-order valence-corrected chi connectivity index (χ4v) is 2.95. The van der Waals surface area contributed by atoms with E-state index in [4.69, 9.17) is 5.21 Å². The molecule has 3 aromatic rings. The van der Waals surface area contributed by atoms with Crippen molar-refractivity contribution in [2.45, 2.75) is 12.8 Å². The van der Waals surface area contributed by atoms with Crippen LogP contribution in [0.3, 0.4) is 0 Å². The van der Waals surface area contributed by atoms with Gasteiger partial charge in [-0.25, -0.2) is 5.48 Å². The fraction of sp³-hybridized carbons (Fsp3) is 0.125. The zero-order chi connectivity index (χ0) is 14.7. The van der Waals surface area contributed by atoms with Crippen molar-refractivity contribution in [1.29, 1.82) is 0 Å². The van der Waals surface area contributed by atoms with Crippen molar-refractivity contribution in [2.75, 3.05) is 0 Å². The van der Waals surface area contributed by atoms with E-state index in [1.54, 1.807) is 22.9 Å². The molecule has 0 saturated carbocycles. The van der Waals surface area contributed by atoms with Gasteiger partial charge in [-0.15, -0.1) is 0 Å². The van der Waals surface area contributed by atoms with E-state index < -0.39 is 5.91 Å². The summed E-state index contributed by atoms with van der Waals surface area (Å²) in [5, 5.41) is 13.8. The van der Waals surface area contributed by atoms with Crippen LogP contribution in [-0.4, -0.2) is 16.1 Å². The van der Waals surface area contributed by atoms with Crippen molar-refractivity contribution in [2.24, 2.45) is 0 Å². The smallest absolute Gasteiger partial charge is 0.276 e. The molecule has 0 spiro atoms. The first-order valence-electron chi connectivity index (χ1n) is 6.60. The molecule has 0 atom stereocenters. The van der Waals surface area contributed by atoms with Gasteiger partial charge in [-0.1, -0.05) is 6.07 Å². The van der Waals surface area contributed by atoms with E-state index in [1.807, 2.05) is 12.1 Å². The van der Waals surface area contributed by atoms with E-state index in [0.29, 0.717) is 5.56 Å². The number of nitrogens with zero attached hydrogens (tertiary/aromatic N) is 1. The van der Waals surface area contributed by atoms with Crippen LogP contribution in [0.2, 0.25) is 0 Å². The van der Waals surface area contributed by atoms with Crippen LogP contribution in [0, 0.1) is 0 Å². The zero-order valence-corrected chi connectivity index (χ0v) is 12.1. The lowest BCUT2D eigenvalue weighted by atomic mass is 10.0. The lowest BCUT2D eigenvalue weighted by Gasteiger charge is -2.05. The minimum atomic E-state index is -0.548. The van der Waals surface area contributed by atoms with Gasteiger partial charge in [0.25, 0.3) is 5.91 Å². The molecule has 0 bridgehead atoms. The molecule has 5 heteroatoms. The van der Waals surface area contributed by atoms with Crippen LogP contribution in [0.1, 0.15) is 21.5 Å². The minimum Gasteiger partial charge on any atom is -0.288 e. The van der Waals surface area contributed by atoms with Gasteiger partial charge in [0.15, 0.2) is 0 Å². The van der Waals surface area contributed by atoms with Crippen LogP contribution >= 0.6 is 11.3 Å². The lowest BCUT2D eigenvalue weighted by molar-refractivity contribution is 0.0706. The van der Waals surface area contributed by atoms with E-state index >= 15 is 0 Å². The second kappa shape index (κ2) is 6.03. The Morgan fingerprint density at radius 1 is 1.19 bits per heavy atom. The molecule has 0 saturated heterocycles. The number of pyridine rings is 1. The molecule has 3 rings (SSSR count). The van der Waals surface area contributed by atoms with Crippen molar-refractivity contribution in [1.82, 2.24) is 10.5 Å². The number of nitrogens with one attached hydrogen (secondary N) is 1. The number of aryl methyl sites for hydroxylation is 2. The molecule has 106 valence electrons. The molecular weight excluding hydrogens is 284 g/mol. The molecular formula is C16H14N2O2S. The van der Waals surface area contributed by atoms with Crippen LogP contribution in [-0.2, 0) is 12.8 Å². The van der Waals surface area contributed by atoms with Crippen LogP contribution in [0.5, 0.6) is 0 Å². The Hall–Kier alpha value is -2.24. The van der Waals surface area contributed by atoms with Crippen molar-refractivity contribution in [3.05, 3.63) is 64.0 Å². The van der Waals surface area contributed by atoms with Crippen molar-refractivity contribution in [3.8, 4) is 0 Å². The molecule has 2 aromatic heterocycles. The number of carbonyl (C=O) groups excluding carboxylic acids is 1. The molecule has 0 aliphatic carbocycles. The molecule has 4 nitrogen and oxygen atoms in total. The van der Waals surface area contributed by atoms with Crippen LogP contribution in [0.15, 0.2) is 47.3 Å². The average Bonchev–Trinajstić information content (AvgIpc) is 3.04. The summed E-state index contributed by atoms with van der Waals surface area (Å²) in [5.74, 6) is -0.548. The number of carbonyl (C=O) groups is 1. The highest BCUT2D eigenvalue weighted by atomic mass is 32.1. The van der Waals surface area contributed by atoms with Gasteiger partial charge in [0, 0.05) is 11.6 Å². The number of benzene rings is 1. The first-order valence-corrected chi connectivity index (χ1v) is 7.55. The largest absolute Gasteiger partial charge is 0.288 e. The third kappa shape index (κ3) is 3.09. The number of aromatic nitrogens is 1. The summed E-state index contributed by atoms with van der Waals surface area (Å²) in [6.07, 6.45) is 3.40. The third-order valence-electron chi connectivity index (χ3n) is 3.39. The van der Waals surface area contributed by atoms with Gasteiger partial charge in [0.1, 0.15) is 0 Å². The number of hydroxylamine groups is 1. The second-order valence-electron chi connectivity index (χ2n) is 4.82. The van der Waals surface area contributed by atoms with Gasteiger partial charge in [-0.2, -0.15) is 11.3 Å². The van der Waals surface area contributed by atoms with Crippen LogP contribution < -0.4 is 5.48 Å². The molecule has 1 amide bonds. The SMILES string of the molecule is O=C(NO)c1cnc2ccc(CCc3ccsc3)cc2c1. The summed E-state index contributed by atoms with van der Waals surface area (Å²) in [5.41, 5.74) is 5.36. The Balaban J connectivity index is 1.85. The first-order chi connectivity index (χ1) is 10.3. The number of hydrogen-bond donors (Lipinski definition) is 2. The maximum atomic E-state index is 11.4. The number of fused-ring (bicyclic) bond motifs is 1. The number of hydrogen-bond acceptors (Lipinski definition) is 4. The topological polar surface area (TPSA) is 62.2 Å². The van der Waals surface area contributed by atoms with E-state index in [1.165, 1.54) is 17.3 Å². The first kappa shape index (κ1) is 13.7. The highest BCUT2D eigenvalue weighted by molar-refractivity contribution is 7.07. The molecule has 0 unspecified atom stereocenters. The van der Waals surface area contributed by atoms with Crippen molar-refractivity contribution < 1.29 is 10.0 Å². The fourth-order valence-electron chi connectivity index (χ4n) is 2.25. The quantitative estimate of drug-likeness (QED) is 0.574. The molecule has 0 aliphatic heterocycles. The lowest BCUT2D eigenvalue weighted by Crippen LogP contribution is -2.18. The predicted molar refractivity (Wildman–Crippen MR) is 82.7 cm³/mol. The molecule has 1 aromatic carbocycles. The molecule has 0 radical (unpaired) electrons. The van der Waals surface area contributed by atoms with Gasteiger partial charge < -0.3 is 0 Å². The van der Waals surface area contributed by atoms with Gasteiger partial charge in [-0.05, 0) is 59.0 Å². The van der Waals surface area contributed by atoms with E-state index in [9.17, 15) is 4.79 Å². The van der Waals surface area contributed by atoms with E-state index in [0.717, 1.165) is 23.7 Å². The maximum absolute atomic E-state index is 11.4. The Kier molecular flexibility index (Phi) is 3.94. The predicted octanol–water partition coefficient (Wildman–Crippen LogP) is 3.20. The van der Waals surface area contributed by atoms with Crippen LogP contribution in [0.4, 0.5) is 0 Å². The molecule has 0 fully saturated rings. The second-order valence-corrected chi connectivity index (χ2v) is 5.60. The summed E-state index contributed by atoms with van der Waals surface area (Å²) in [4.78, 5) is 15.7. The minimum absolute atomic E-state index is 0.347. The molecule has 21 heavy (non-hydrogen) atoms. The maximum Gasteiger partial charge on any atom is 0.276 e. The van der Waals surface area contributed by atoms with Crippen molar-refractivity contribution >= 4 is 28.1 Å². The number of rotatable bonds is 4. The summed E-state index contributed by atoms with van der Waals surface area (Å²) >= 11 is 1.71.